The Hall–Kier alpha value is -3.09. The highest BCUT2D eigenvalue weighted by Crippen LogP contribution is 2.60. The van der Waals surface area contributed by atoms with Gasteiger partial charge in [-0.25, -0.2) is 13.2 Å². The molecule has 34 heavy (non-hydrogen) atoms. The Bertz CT molecular complexity index is 1270. The molecule has 3 aromatic rings. The minimum Gasteiger partial charge on any atom is -0.206 e. The summed E-state index contributed by atoms with van der Waals surface area (Å²) in [5.41, 5.74) is -4.50. The molecule has 0 aromatic heterocycles. The van der Waals surface area contributed by atoms with Crippen molar-refractivity contribution >= 4 is 0 Å². The van der Waals surface area contributed by atoms with Crippen LogP contribution >= 0.6 is 0 Å². The quantitative estimate of drug-likeness (QED) is 0.246. The first kappa shape index (κ1) is 24.0. The van der Waals surface area contributed by atoms with Crippen LogP contribution in [0.5, 0.6) is 0 Å². The SMILES string of the molecule is C=CCCc1ccc(-c2ccc3c(c2F)C(F)(F)C(F)(F)c2c-3ccc(CCC)c2F)c(F)c1. The summed E-state index contributed by atoms with van der Waals surface area (Å²) in [5, 5.41) is 0. The standard InChI is InChI=1S/C27H21F7/c1-3-5-7-15-8-10-17(21(28)14-15)20-13-12-19-18-11-9-16(6-4-2)24(29)22(18)26(31,32)27(33,34)23(19)25(20)30/h3,8-14H,1,4-7H2,2H3. The molecule has 7 heteroatoms. The molecule has 178 valence electrons. The molecular formula is C27H21F7. The zero-order chi connectivity index (χ0) is 24.8. The Morgan fingerprint density at radius 3 is 1.88 bits per heavy atom. The second-order valence-electron chi connectivity index (χ2n) is 8.35. The minimum atomic E-state index is -5.05. The number of alkyl halides is 4. The van der Waals surface area contributed by atoms with Crippen LogP contribution in [0.15, 0.2) is 55.1 Å². The molecule has 0 N–H and O–H groups in total. The van der Waals surface area contributed by atoms with E-state index in [1.807, 2.05) is 0 Å². The number of benzene rings is 3. The lowest BCUT2D eigenvalue weighted by Gasteiger charge is -2.36. The Balaban J connectivity index is 1.94. The van der Waals surface area contributed by atoms with Gasteiger partial charge in [-0.3, -0.25) is 0 Å². The lowest BCUT2D eigenvalue weighted by Crippen LogP contribution is -2.41. The highest BCUT2D eigenvalue weighted by molar-refractivity contribution is 5.80. The molecule has 3 aromatic carbocycles. The van der Waals surface area contributed by atoms with Crippen LogP contribution in [0.2, 0.25) is 0 Å². The smallest absolute Gasteiger partial charge is 0.206 e. The molecule has 0 aliphatic heterocycles. The van der Waals surface area contributed by atoms with Gasteiger partial charge in [0.2, 0.25) is 0 Å². The van der Waals surface area contributed by atoms with Crippen LogP contribution in [0.3, 0.4) is 0 Å². The van der Waals surface area contributed by atoms with Crippen molar-refractivity contribution in [2.45, 2.75) is 44.5 Å². The molecule has 1 aliphatic rings. The van der Waals surface area contributed by atoms with Gasteiger partial charge in [0.1, 0.15) is 17.5 Å². The van der Waals surface area contributed by atoms with Gasteiger partial charge in [0.05, 0.1) is 11.1 Å². The number of hydrogen-bond donors (Lipinski definition) is 0. The van der Waals surface area contributed by atoms with Crippen LogP contribution in [-0.4, -0.2) is 0 Å². The van der Waals surface area contributed by atoms with Crippen molar-refractivity contribution in [1.82, 2.24) is 0 Å². The van der Waals surface area contributed by atoms with Crippen molar-refractivity contribution in [3.63, 3.8) is 0 Å². The zero-order valence-corrected chi connectivity index (χ0v) is 18.3. The maximum atomic E-state index is 15.5. The Labute approximate surface area is 192 Å². The number of fused-ring (bicyclic) bond motifs is 3. The normalized spacial score (nSPS) is 15.5. The molecule has 0 radical (unpaired) electrons. The largest absolute Gasteiger partial charge is 0.343 e. The van der Waals surface area contributed by atoms with Crippen molar-refractivity contribution in [3.8, 4) is 22.3 Å². The molecular weight excluding hydrogens is 457 g/mol. The molecule has 0 atom stereocenters. The molecule has 0 nitrogen and oxygen atoms in total. The lowest BCUT2D eigenvalue weighted by molar-refractivity contribution is -0.227. The predicted octanol–water partition coefficient (Wildman–Crippen LogP) is 8.71. The van der Waals surface area contributed by atoms with Gasteiger partial charge >= 0.3 is 11.8 Å². The van der Waals surface area contributed by atoms with Crippen molar-refractivity contribution < 1.29 is 30.7 Å². The molecule has 0 amide bonds. The maximum absolute atomic E-state index is 15.5. The number of halogens is 7. The fourth-order valence-corrected chi connectivity index (χ4v) is 4.44. The molecule has 0 saturated carbocycles. The molecule has 4 rings (SSSR count). The van der Waals surface area contributed by atoms with E-state index in [4.69, 9.17) is 0 Å². The molecule has 0 unspecified atom stereocenters. The number of aryl methyl sites for hydroxylation is 2. The van der Waals surface area contributed by atoms with Crippen LogP contribution < -0.4 is 0 Å². The van der Waals surface area contributed by atoms with E-state index >= 15 is 22.0 Å². The van der Waals surface area contributed by atoms with Gasteiger partial charge in [0, 0.05) is 11.1 Å². The molecule has 0 heterocycles. The average Bonchev–Trinajstić information content (AvgIpc) is 2.78. The minimum absolute atomic E-state index is 0.0863. The summed E-state index contributed by atoms with van der Waals surface area (Å²) in [7, 11) is 0. The van der Waals surface area contributed by atoms with Crippen molar-refractivity contribution in [1.29, 1.82) is 0 Å². The summed E-state index contributed by atoms with van der Waals surface area (Å²) >= 11 is 0. The Kier molecular flexibility index (Phi) is 6.08. The van der Waals surface area contributed by atoms with E-state index in [9.17, 15) is 8.78 Å². The van der Waals surface area contributed by atoms with Crippen LogP contribution in [-0.2, 0) is 24.7 Å². The first-order valence-corrected chi connectivity index (χ1v) is 10.9. The Morgan fingerprint density at radius 1 is 0.735 bits per heavy atom. The summed E-state index contributed by atoms with van der Waals surface area (Å²) < 4.78 is 106. The van der Waals surface area contributed by atoms with Gasteiger partial charge in [0.15, 0.2) is 0 Å². The number of rotatable bonds is 6. The van der Waals surface area contributed by atoms with Gasteiger partial charge in [-0.1, -0.05) is 55.8 Å². The van der Waals surface area contributed by atoms with Crippen LogP contribution in [0.25, 0.3) is 22.3 Å². The molecule has 0 fully saturated rings. The van der Waals surface area contributed by atoms with E-state index in [1.165, 1.54) is 18.2 Å². The fraction of sp³-hybridized carbons (Fsp3) is 0.259. The van der Waals surface area contributed by atoms with E-state index < -0.39 is 57.1 Å². The van der Waals surface area contributed by atoms with E-state index in [-0.39, 0.29) is 17.5 Å². The topological polar surface area (TPSA) is 0 Å². The average molecular weight is 478 g/mol. The van der Waals surface area contributed by atoms with E-state index in [0.717, 1.165) is 24.3 Å². The van der Waals surface area contributed by atoms with Crippen molar-refractivity contribution in [2.24, 2.45) is 0 Å². The summed E-state index contributed by atoms with van der Waals surface area (Å²) in [6, 6.07) is 8.30. The number of allylic oxidation sites excluding steroid dienone is 1. The molecule has 0 spiro atoms. The summed E-state index contributed by atoms with van der Waals surface area (Å²) in [4.78, 5) is 0. The predicted molar refractivity (Wildman–Crippen MR) is 117 cm³/mol. The first-order chi connectivity index (χ1) is 16.1. The number of hydrogen-bond acceptors (Lipinski definition) is 0. The fourth-order valence-electron chi connectivity index (χ4n) is 4.44. The van der Waals surface area contributed by atoms with Crippen LogP contribution in [0, 0.1) is 17.5 Å². The third-order valence-corrected chi connectivity index (χ3v) is 6.16. The first-order valence-electron chi connectivity index (χ1n) is 10.9. The van der Waals surface area contributed by atoms with Crippen molar-refractivity contribution in [3.05, 3.63) is 94.8 Å². The molecule has 0 bridgehead atoms. The summed E-state index contributed by atoms with van der Waals surface area (Å²) in [6.07, 6.45) is 3.19. The van der Waals surface area contributed by atoms with Gasteiger partial charge < -0.3 is 0 Å². The van der Waals surface area contributed by atoms with Gasteiger partial charge in [0.25, 0.3) is 0 Å². The van der Waals surface area contributed by atoms with E-state index in [1.54, 1.807) is 13.0 Å². The molecule has 0 saturated heterocycles. The molecule has 1 aliphatic carbocycles. The van der Waals surface area contributed by atoms with Crippen LogP contribution in [0.4, 0.5) is 30.7 Å². The lowest BCUT2D eigenvalue weighted by atomic mass is 9.78. The van der Waals surface area contributed by atoms with Crippen LogP contribution in [0.1, 0.15) is 42.0 Å². The van der Waals surface area contributed by atoms with Gasteiger partial charge in [-0.2, -0.15) is 17.6 Å². The summed E-state index contributed by atoms with van der Waals surface area (Å²) in [5.74, 6) is -14.0. The van der Waals surface area contributed by atoms with Gasteiger partial charge in [-0.15, -0.1) is 6.58 Å². The summed E-state index contributed by atoms with van der Waals surface area (Å²) in [6.45, 7) is 5.27. The van der Waals surface area contributed by atoms with E-state index in [0.29, 0.717) is 24.8 Å². The monoisotopic (exact) mass is 478 g/mol. The Morgan fingerprint density at radius 2 is 1.29 bits per heavy atom. The highest BCUT2D eigenvalue weighted by Gasteiger charge is 2.65. The highest BCUT2D eigenvalue weighted by atomic mass is 19.3. The second kappa shape index (κ2) is 8.60. The van der Waals surface area contributed by atoms with Crippen molar-refractivity contribution in [2.75, 3.05) is 0 Å². The zero-order valence-electron chi connectivity index (χ0n) is 18.3. The maximum Gasteiger partial charge on any atom is 0.343 e. The third kappa shape index (κ3) is 3.53. The van der Waals surface area contributed by atoms with Gasteiger partial charge in [-0.05, 0) is 47.6 Å². The van der Waals surface area contributed by atoms with E-state index in [2.05, 4.69) is 6.58 Å². The second-order valence-corrected chi connectivity index (χ2v) is 8.35. The third-order valence-electron chi connectivity index (χ3n) is 6.16.